The minimum Gasteiger partial charge on any atom is -0.490 e. The second-order valence-corrected chi connectivity index (χ2v) is 7.35. The Balaban J connectivity index is 2.02. The highest BCUT2D eigenvalue weighted by atomic mass is 35.5. The number of nitrogens with one attached hydrogen (secondary N) is 1. The molecule has 0 bridgehead atoms. The fourth-order valence-corrected chi connectivity index (χ4v) is 3.50. The van der Waals surface area contributed by atoms with Gasteiger partial charge >= 0.3 is 5.97 Å². The van der Waals surface area contributed by atoms with E-state index >= 15 is 0 Å². The van der Waals surface area contributed by atoms with Crippen molar-refractivity contribution in [2.75, 3.05) is 19.8 Å². The lowest BCUT2D eigenvalue weighted by atomic mass is 9.83. The van der Waals surface area contributed by atoms with Crippen LogP contribution in [-0.2, 0) is 9.53 Å². The summed E-state index contributed by atoms with van der Waals surface area (Å²) in [7, 11) is 0. The van der Waals surface area contributed by atoms with Crippen LogP contribution in [-0.4, -0.2) is 37.2 Å². The molecule has 0 heterocycles. The van der Waals surface area contributed by atoms with Crippen LogP contribution in [0.25, 0.3) is 0 Å². The molecule has 8 heteroatoms. The van der Waals surface area contributed by atoms with Crippen LogP contribution in [0, 0.1) is 11.3 Å². The molecule has 1 amide bonds. The molecular formula is C21H27ClN2O5. The molecule has 7 nitrogen and oxygen atoms in total. The molecule has 0 spiro atoms. The predicted molar refractivity (Wildman–Crippen MR) is 108 cm³/mol. The lowest BCUT2D eigenvalue weighted by Crippen LogP contribution is -2.50. The summed E-state index contributed by atoms with van der Waals surface area (Å²) in [6, 6.07) is 5.11. The first-order valence-corrected chi connectivity index (χ1v) is 10.3. The first-order valence-electron chi connectivity index (χ1n) is 9.93. The van der Waals surface area contributed by atoms with Crippen LogP contribution in [0.1, 0.15) is 62.7 Å². The lowest BCUT2D eigenvalue weighted by Gasteiger charge is -2.31. The molecule has 0 radical (unpaired) electrons. The van der Waals surface area contributed by atoms with Gasteiger partial charge in [-0.15, -0.1) is 0 Å². The Morgan fingerprint density at radius 2 is 1.93 bits per heavy atom. The Hall–Kier alpha value is -2.46. The highest BCUT2D eigenvalue weighted by Crippen LogP contribution is 2.37. The molecule has 0 aliphatic heterocycles. The van der Waals surface area contributed by atoms with E-state index in [0.29, 0.717) is 37.6 Å². The van der Waals surface area contributed by atoms with E-state index < -0.39 is 24.0 Å². The van der Waals surface area contributed by atoms with Gasteiger partial charge in [-0.25, -0.2) is 4.79 Å². The second kappa shape index (κ2) is 10.9. The highest BCUT2D eigenvalue weighted by Gasteiger charge is 2.33. The summed E-state index contributed by atoms with van der Waals surface area (Å²) in [5.41, 5.74) is -0.714. The molecule has 0 atom stereocenters. The van der Waals surface area contributed by atoms with E-state index in [4.69, 9.17) is 25.8 Å². The fraction of sp³-hybridized carbons (Fsp3) is 0.571. The minimum atomic E-state index is -0.870. The number of hydrogen-bond donors (Lipinski definition) is 1. The normalized spacial score (nSPS) is 15.1. The summed E-state index contributed by atoms with van der Waals surface area (Å²) in [6.45, 7) is 4.14. The molecule has 1 N–H and O–H groups in total. The molecule has 1 aromatic rings. The van der Waals surface area contributed by atoms with Gasteiger partial charge in [-0.1, -0.05) is 37.8 Å². The van der Waals surface area contributed by atoms with Gasteiger partial charge in [0.25, 0.3) is 5.91 Å². The van der Waals surface area contributed by atoms with Crippen molar-refractivity contribution in [3.05, 3.63) is 22.7 Å². The number of halogens is 1. The Kier molecular flexibility index (Phi) is 8.59. The maximum absolute atomic E-state index is 12.4. The number of carbonyl (C=O) groups is 2. The first-order chi connectivity index (χ1) is 13.9. The third-order valence-corrected chi connectivity index (χ3v) is 4.91. The van der Waals surface area contributed by atoms with Crippen molar-refractivity contribution >= 4 is 23.5 Å². The molecule has 0 aromatic heterocycles. The van der Waals surface area contributed by atoms with Crippen molar-refractivity contribution in [1.82, 2.24) is 5.32 Å². The van der Waals surface area contributed by atoms with Gasteiger partial charge in [0.05, 0.1) is 29.9 Å². The lowest BCUT2D eigenvalue weighted by molar-refractivity contribution is -0.125. The van der Waals surface area contributed by atoms with Gasteiger partial charge in [-0.05, 0) is 38.3 Å². The topological polar surface area (TPSA) is 97.6 Å². The van der Waals surface area contributed by atoms with Crippen molar-refractivity contribution in [2.24, 2.45) is 0 Å². The van der Waals surface area contributed by atoms with Crippen LogP contribution in [0.15, 0.2) is 12.1 Å². The summed E-state index contributed by atoms with van der Waals surface area (Å²) in [5, 5.41) is 12.4. The van der Waals surface area contributed by atoms with Crippen molar-refractivity contribution in [3.63, 3.8) is 0 Å². The molecule has 1 saturated carbocycles. The molecule has 2 rings (SSSR count). The van der Waals surface area contributed by atoms with Crippen LogP contribution in [0.4, 0.5) is 0 Å². The van der Waals surface area contributed by atoms with Gasteiger partial charge in [-0.3, -0.25) is 4.79 Å². The van der Waals surface area contributed by atoms with Gasteiger partial charge in [0, 0.05) is 0 Å². The standard InChI is InChI=1S/C21H27ClN2O5/c1-3-10-28-19-16(22)11-15(12-17(19)27-4-2)20(26)29-13-18(25)24-21(14-23)8-6-5-7-9-21/h11-12H,3-10,13H2,1-2H3,(H,24,25). The van der Waals surface area contributed by atoms with Crippen LogP contribution in [0.2, 0.25) is 5.02 Å². The van der Waals surface area contributed by atoms with Gasteiger partial charge in [0.15, 0.2) is 18.1 Å². The third-order valence-electron chi connectivity index (χ3n) is 4.63. The maximum Gasteiger partial charge on any atom is 0.338 e. The minimum absolute atomic E-state index is 0.155. The number of carbonyl (C=O) groups excluding carboxylic acids is 2. The fourth-order valence-electron chi connectivity index (χ4n) is 3.23. The highest BCUT2D eigenvalue weighted by molar-refractivity contribution is 6.32. The molecular weight excluding hydrogens is 396 g/mol. The Morgan fingerprint density at radius 1 is 1.21 bits per heavy atom. The molecule has 0 saturated heterocycles. The average Bonchev–Trinajstić information content (AvgIpc) is 2.72. The predicted octanol–water partition coefficient (Wildman–Crippen LogP) is 4.03. The van der Waals surface area contributed by atoms with E-state index in [-0.39, 0.29) is 10.6 Å². The number of esters is 1. The SMILES string of the molecule is CCCOc1c(Cl)cc(C(=O)OCC(=O)NC2(C#N)CCCCC2)cc1OCC. The summed E-state index contributed by atoms with van der Waals surface area (Å²) in [5.74, 6) is -0.492. The number of nitriles is 1. The van der Waals surface area contributed by atoms with Crippen molar-refractivity contribution in [1.29, 1.82) is 5.26 Å². The van der Waals surface area contributed by atoms with E-state index in [1.165, 1.54) is 12.1 Å². The van der Waals surface area contributed by atoms with E-state index in [2.05, 4.69) is 11.4 Å². The van der Waals surface area contributed by atoms with Crippen molar-refractivity contribution < 1.29 is 23.8 Å². The number of nitrogens with zero attached hydrogens (tertiary/aromatic N) is 1. The number of hydrogen-bond acceptors (Lipinski definition) is 6. The molecule has 1 fully saturated rings. The van der Waals surface area contributed by atoms with Crippen molar-refractivity contribution in [2.45, 2.75) is 57.9 Å². The molecule has 1 aromatic carbocycles. The Labute approximate surface area is 176 Å². The van der Waals surface area contributed by atoms with Crippen LogP contribution < -0.4 is 14.8 Å². The Morgan fingerprint density at radius 3 is 2.55 bits per heavy atom. The zero-order valence-corrected chi connectivity index (χ0v) is 17.6. The maximum atomic E-state index is 12.4. The average molecular weight is 423 g/mol. The molecule has 29 heavy (non-hydrogen) atoms. The summed E-state index contributed by atoms with van der Waals surface area (Å²) in [4.78, 5) is 24.6. The molecule has 1 aliphatic carbocycles. The van der Waals surface area contributed by atoms with Gasteiger partial charge in [0.1, 0.15) is 5.54 Å². The second-order valence-electron chi connectivity index (χ2n) is 6.95. The largest absolute Gasteiger partial charge is 0.490 e. The number of amides is 1. The smallest absolute Gasteiger partial charge is 0.338 e. The summed E-state index contributed by atoms with van der Waals surface area (Å²) >= 11 is 6.25. The van der Waals surface area contributed by atoms with E-state index in [0.717, 1.165) is 25.7 Å². The van der Waals surface area contributed by atoms with Crippen molar-refractivity contribution in [3.8, 4) is 17.6 Å². The van der Waals surface area contributed by atoms with Gasteiger partial charge < -0.3 is 19.5 Å². The van der Waals surface area contributed by atoms with E-state index in [1.54, 1.807) is 0 Å². The number of ether oxygens (including phenoxy) is 3. The van der Waals surface area contributed by atoms with Crippen LogP contribution >= 0.6 is 11.6 Å². The van der Waals surface area contributed by atoms with E-state index in [9.17, 15) is 14.9 Å². The third kappa shape index (κ3) is 6.26. The molecule has 158 valence electrons. The quantitative estimate of drug-likeness (QED) is 0.603. The number of rotatable bonds is 9. The van der Waals surface area contributed by atoms with Gasteiger partial charge in [0.2, 0.25) is 0 Å². The zero-order valence-electron chi connectivity index (χ0n) is 16.9. The Bertz CT molecular complexity index is 769. The van der Waals surface area contributed by atoms with Crippen LogP contribution in [0.3, 0.4) is 0 Å². The van der Waals surface area contributed by atoms with Gasteiger partial charge in [-0.2, -0.15) is 5.26 Å². The number of benzene rings is 1. The van der Waals surface area contributed by atoms with E-state index in [1.807, 2.05) is 13.8 Å². The monoisotopic (exact) mass is 422 g/mol. The molecule has 0 unspecified atom stereocenters. The molecule has 1 aliphatic rings. The van der Waals surface area contributed by atoms with Crippen LogP contribution in [0.5, 0.6) is 11.5 Å². The summed E-state index contributed by atoms with van der Waals surface area (Å²) in [6.07, 6.45) is 4.84. The summed E-state index contributed by atoms with van der Waals surface area (Å²) < 4.78 is 16.2. The first kappa shape index (κ1) is 22.8. The zero-order chi connectivity index (χ0) is 21.3.